The highest BCUT2D eigenvalue weighted by molar-refractivity contribution is 7.80. The van der Waals surface area contributed by atoms with Crippen LogP contribution in [-0.4, -0.2) is 42.1 Å². The molecule has 0 aromatic carbocycles. The maximum absolute atomic E-state index is 11.3. The molecule has 2 N–H and O–H groups in total. The van der Waals surface area contributed by atoms with Gasteiger partial charge in [-0.15, -0.1) is 0 Å². The lowest BCUT2D eigenvalue weighted by Crippen LogP contribution is -2.51. The summed E-state index contributed by atoms with van der Waals surface area (Å²) in [5.74, 6) is 0.800. The molecule has 1 heterocycles. The Labute approximate surface area is 103 Å². The molecule has 1 unspecified atom stereocenters. The summed E-state index contributed by atoms with van der Waals surface area (Å²) in [6.07, 6.45) is 1.48. The maximum atomic E-state index is 11.3. The number of nitrogens with zero attached hydrogens (tertiary/aromatic N) is 1. The van der Waals surface area contributed by atoms with Crippen molar-refractivity contribution in [3.8, 4) is 0 Å². The van der Waals surface area contributed by atoms with Gasteiger partial charge in [-0.2, -0.15) is 0 Å². The molecule has 0 bridgehead atoms. The topological polar surface area (TPSA) is 44.4 Å². The van der Waals surface area contributed by atoms with Gasteiger partial charge >= 0.3 is 0 Å². The van der Waals surface area contributed by atoms with Gasteiger partial charge in [0.05, 0.1) is 0 Å². The van der Waals surface area contributed by atoms with Crippen molar-refractivity contribution in [2.24, 2.45) is 5.92 Å². The number of likely N-dealkylation sites (tertiary alicyclic amines) is 1. The predicted molar refractivity (Wildman–Crippen MR) is 69.2 cm³/mol. The highest BCUT2D eigenvalue weighted by Crippen LogP contribution is 2.09. The van der Waals surface area contributed by atoms with Crippen LogP contribution in [0.15, 0.2) is 0 Å². The van der Waals surface area contributed by atoms with Gasteiger partial charge in [-0.05, 0) is 24.6 Å². The smallest absolute Gasteiger partial charge is 0.222 e. The molecule has 1 fully saturated rings. The number of amides is 1. The number of carbonyl (C=O) groups is 1. The summed E-state index contributed by atoms with van der Waals surface area (Å²) in [4.78, 5) is 13.0. The molecule has 5 heteroatoms. The zero-order valence-electron chi connectivity index (χ0n) is 10.2. The second kappa shape index (κ2) is 6.03. The Hall–Kier alpha value is -0.840. The number of thiocarbonyl (C=S) groups is 1. The Morgan fingerprint density at radius 1 is 1.62 bits per heavy atom. The van der Waals surface area contributed by atoms with Crippen LogP contribution in [0.4, 0.5) is 0 Å². The van der Waals surface area contributed by atoms with E-state index in [0.717, 1.165) is 19.5 Å². The molecule has 4 nitrogen and oxygen atoms in total. The van der Waals surface area contributed by atoms with E-state index < -0.39 is 0 Å². The third-order valence-corrected chi connectivity index (χ3v) is 2.89. The van der Waals surface area contributed by atoms with Crippen LogP contribution in [0.25, 0.3) is 0 Å². The largest absolute Gasteiger partial charge is 0.362 e. The molecule has 0 aromatic rings. The third kappa shape index (κ3) is 4.35. The van der Waals surface area contributed by atoms with E-state index in [9.17, 15) is 4.79 Å². The lowest BCUT2D eigenvalue weighted by Gasteiger charge is -2.31. The van der Waals surface area contributed by atoms with Crippen LogP contribution in [0.3, 0.4) is 0 Å². The third-order valence-electron chi connectivity index (χ3n) is 2.63. The van der Waals surface area contributed by atoms with Crippen LogP contribution in [0.5, 0.6) is 0 Å². The molecule has 92 valence electrons. The lowest BCUT2D eigenvalue weighted by molar-refractivity contribution is -0.132. The van der Waals surface area contributed by atoms with Crippen molar-refractivity contribution in [1.82, 2.24) is 15.5 Å². The first kappa shape index (κ1) is 13.2. The first-order valence-electron chi connectivity index (χ1n) is 5.77. The van der Waals surface area contributed by atoms with E-state index in [1.807, 2.05) is 7.05 Å². The number of carbonyl (C=O) groups excluding carboxylic acids is 1. The van der Waals surface area contributed by atoms with Gasteiger partial charge in [-0.25, -0.2) is 0 Å². The molecular formula is C11H21N3OS. The average Bonchev–Trinajstić information content (AvgIpc) is 2.21. The normalized spacial score (nSPS) is 21.1. The summed E-state index contributed by atoms with van der Waals surface area (Å²) in [5.41, 5.74) is 0. The lowest BCUT2D eigenvalue weighted by atomic mass is 10.1. The van der Waals surface area contributed by atoms with Gasteiger partial charge < -0.3 is 15.5 Å². The second-order valence-electron chi connectivity index (χ2n) is 4.76. The van der Waals surface area contributed by atoms with Gasteiger partial charge in [-0.1, -0.05) is 13.8 Å². The van der Waals surface area contributed by atoms with Crippen molar-refractivity contribution in [2.75, 3.05) is 20.1 Å². The maximum Gasteiger partial charge on any atom is 0.222 e. The Kier molecular flexibility index (Phi) is 4.99. The summed E-state index contributed by atoms with van der Waals surface area (Å²) >= 11 is 5.20. The van der Waals surface area contributed by atoms with Crippen molar-refractivity contribution >= 4 is 23.2 Å². The van der Waals surface area contributed by atoms with Crippen molar-refractivity contribution in [1.29, 1.82) is 0 Å². The van der Waals surface area contributed by atoms with E-state index in [0.29, 0.717) is 17.5 Å². The Bertz CT molecular complexity index is 268. The Morgan fingerprint density at radius 3 is 2.88 bits per heavy atom. The van der Waals surface area contributed by atoms with Crippen molar-refractivity contribution in [3.05, 3.63) is 0 Å². The number of piperidine rings is 1. The quantitative estimate of drug-likeness (QED) is 0.717. The van der Waals surface area contributed by atoms with Crippen molar-refractivity contribution < 1.29 is 4.79 Å². The fourth-order valence-electron chi connectivity index (χ4n) is 1.66. The summed E-state index contributed by atoms with van der Waals surface area (Å²) in [5, 5.41) is 7.12. The SMILES string of the molecule is CC(C)CNC(=S)NC1CCC(=O)N(C)C1. The minimum atomic E-state index is 0.221. The van der Waals surface area contributed by atoms with Crippen LogP contribution >= 0.6 is 12.2 Å². The fourth-order valence-corrected chi connectivity index (χ4v) is 1.91. The number of rotatable bonds is 3. The number of nitrogens with one attached hydrogen (secondary N) is 2. The predicted octanol–water partition coefficient (Wildman–Crippen LogP) is 0.727. The number of hydrogen-bond acceptors (Lipinski definition) is 2. The molecule has 1 saturated heterocycles. The van der Waals surface area contributed by atoms with Crippen LogP contribution in [-0.2, 0) is 4.79 Å². The van der Waals surface area contributed by atoms with Gasteiger partial charge in [0.2, 0.25) is 5.91 Å². The van der Waals surface area contributed by atoms with E-state index in [-0.39, 0.29) is 11.9 Å². The summed E-state index contributed by atoms with van der Waals surface area (Å²) < 4.78 is 0. The van der Waals surface area contributed by atoms with Crippen LogP contribution in [0, 0.1) is 5.92 Å². The van der Waals surface area contributed by atoms with E-state index in [4.69, 9.17) is 12.2 Å². The van der Waals surface area contributed by atoms with Crippen LogP contribution in [0.2, 0.25) is 0 Å². The monoisotopic (exact) mass is 243 g/mol. The molecule has 0 aliphatic carbocycles. The standard InChI is InChI=1S/C11H21N3OS/c1-8(2)6-12-11(16)13-9-4-5-10(15)14(3)7-9/h8-9H,4-7H2,1-3H3,(H2,12,13,16). The first-order valence-corrected chi connectivity index (χ1v) is 6.18. The molecule has 0 spiro atoms. The van der Waals surface area contributed by atoms with Gasteiger partial charge in [0.15, 0.2) is 5.11 Å². The first-order chi connectivity index (χ1) is 7.49. The molecule has 1 rings (SSSR count). The second-order valence-corrected chi connectivity index (χ2v) is 5.17. The van der Waals surface area contributed by atoms with Gasteiger partial charge in [-0.3, -0.25) is 4.79 Å². The zero-order valence-corrected chi connectivity index (χ0v) is 11.1. The zero-order chi connectivity index (χ0) is 12.1. The Morgan fingerprint density at radius 2 is 2.31 bits per heavy atom. The molecule has 1 atom stereocenters. The molecule has 0 radical (unpaired) electrons. The molecule has 1 aliphatic rings. The van der Waals surface area contributed by atoms with E-state index in [1.54, 1.807) is 4.90 Å². The van der Waals surface area contributed by atoms with Crippen molar-refractivity contribution in [3.63, 3.8) is 0 Å². The summed E-state index contributed by atoms with van der Waals surface area (Å²) in [6, 6.07) is 0.287. The molecule has 0 aromatic heterocycles. The van der Waals surface area contributed by atoms with E-state index in [2.05, 4.69) is 24.5 Å². The highest BCUT2D eigenvalue weighted by Gasteiger charge is 2.22. The molecular weight excluding hydrogens is 222 g/mol. The van der Waals surface area contributed by atoms with Gasteiger partial charge in [0.25, 0.3) is 0 Å². The van der Waals surface area contributed by atoms with Gasteiger partial charge in [0.1, 0.15) is 0 Å². The summed E-state index contributed by atoms with van der Waals surface area (Å²) in [7, 11) is 1.83. The van der Waals surface area contributed by atoms with Crippen molar-refractivity contribution in [2.45, 2.75) is 32.7 Å². The van der Waals surface area contributed by atoms with E-state index in [1.165, 1.54) is 0 Å². The van der Waals surface area contributed by atoms with E-state index >= 15 is 0 Å². The van der Waals surface area contributed by atoms with Crippen LogP contribution in [0.1, 0.15) is 26.7 Å². The molecule has 1 aliphatic heterocycles. The molecule has 16 heavy (non-hydrogen) atoms. The number of likely N-dealkylation sites (N-methyl/N-ethyl adjacent to an activating group) is 1. The average molecular weight is 243 g/mol. The fraction of sp³-hybridized carbons (Fsp3) is 0.818. The molecule has 1 amide bonds. The van der Waals surface area contributed by atoms with Crippen LogP contribution < -0.4 is 10.6 Å². The number of hydrogen-bond donors (Lipinski definition) is 2. The minimum Gasteiger partial charge on any atom is -0.362 e. The molecule has 0 saturated carbocycles. The summed E-state index contributed by atoms with van der Waals surface area (Å²) in [6.45, 7) is 5.90. The highest BCUT2D eigenvalue weighted by atomic mass is 32.1. The Balaban J connectivity index is 2.26. The van der Waals surface area contributed by atoms with Gasteiger partial charge in [0, 0.05) is 32.6 Å². The minimum absolute atomic E-state index is 0.221.